The fourth-order valence-electron chi connectivity index (χ4n) is 8.57. The molecule has 10 heteroatoms. The molecule has 2 aromatic rings. The second kappa shape index (κ2) is 14.0. The molecule has 0 unspecified atom stereocenters. The highest BCUT2D eigenvalue weighted by Crippen LogP contribution is 2.41. The van der Waals surface area contributed by atoms with Crippen LogP contribution in [0.5, 0.6) is 0 Å². The smallest absolute Gasteiger partial charge is 0.411 e. The molecule has 0 spiro atoms. The van der Waals surface area contributed by atoms with Gasteiger partial charge in [-0.15, -0.1) is 0 Å². The molecule has 2 atom stereocenters. The van der Waals surface area contributed by atoms with Crippen LogP contribution in [0.3, 0.4) is 0 Å². The van der Waals surface area contributed by atoms with E-state index in [0.717, 1.165) is 91.3 Å². The van der Waals surface area contributed by atoms with Gasteiger partial charge in [-0.1, -0.05) is 30.3 Å². The van der Waals surface area contributed by atoms with E-state index in [-0.39, 0.29) is 25.1 Å². The summed E-state index contributed by atoms with van der Waals surface area (Å²) in [6.45, 7) is 8.82. The molecule has 46 heavy (non-hydrogen) atoms. The van der Waals surface area contributed by atoms with E-state index in [1.807, 2.05) is 54.0 Å². The maximum absolute atomic E-state index is 14.0. The van der Waals surface area contributed by atoms with Gasteiger partial charge in [0.15, 0.2) is 0 Å². The minimum atomic E-state index is -0.868. The van der Waals surface area contributed by atoms with Gasteiger partial charge in [-0.3, -0.25) is 9.80 Å². The zero-order chi connectivity index (χ0) is 32.3. The molecule has 6 rings (SSSR count). The monoisotopic (exact) mass is 630 g/mol. The standard InChI is InChI=1S/C36H50N6O4/c1-25-21-27(22-26(2)33(25)37)24-46-35(45)42-19-12-31(41-18-11-30-5-3-4-6-32(30)39-34(41)44)23-36(42,13-20-43)40-16-9-29(10-17-40)28-7-14-38-15-8-28/h3-6,20-22,28-29,31,38H,7-19,23-24,37H2,1-2H3,(H,39,44)/t31-,36+/m1/s1. The summed E-state index contributed by atoms with van der Waals surface area (Å²) in [6.07, 6.45) is 7.08. The Kier molecular flexibility index (Phi) is 9.84. The van der Waals surface area contributed by atoms with E-state index in [0.29, 0.717) is 31.8 Å². The first-order valence-electron chi connectivity index (χ1n) is 17.1. The number of hydrogen-bond donors (Lipinski definition) is 3. The Morgan fingerprint density at radius 1 is 1.00 bits per heavy atom. The number of likely N-dealkylation sites (tertiary alicyclic amines) is 2. The van der Waals surface area contributed by atoms with Crippen LogP contribution in [-0.2, 0) is 22.6 Å². The number of rotatable bonds is 7. The summed E-state index contributed by atoms with van der Waals surface area (Å²) in [4.78, 5) is 46.3. The number of aryl methyl sites for hydroxylation is 2. The van der Waals surface area contributed by atoms with Crippen LogP contribution in [0.1, 0.15) is 67.2 Å². The largest absolute Gasteiger partial charge is 0.445 e. The number of fused-ring (bicyclic) bond motifs is 1. The molecular formula is C36H50N6O4. The first-order chi connectivity index (χ1) is 22.3. The minimum Gasteiger partial charge on any atom is -0.445 e. The number of urea groups is 1. The van der Waals surface area contributed by atoms with Crippen LogP contribution in [0.2, 0.25) is 0 Å². The molecule has 248 valence electrons. The second-order valence-corrected chi connectivity index (χ2v) is 13.8. The van der Waals surface area contributed by atoms with Gasteiger partial charge in [0.05, 0.1) is 0 Å². The first kappa shape index (κ1) is 32.3. The average Bonchev–Trinajstić information content (AvgIpc) is 3.24. The molecule has 4 aliphatic heterocycles. The van der Waals surface area contributed by atoms with E-state index in [1.54, 1.807) is 0 Å². The summed E-state index contributed by atoms with van der Waals surface area (Å²) in [5.74, 6) is 1.37. The molecule has 0 saturated carbocycles. The topological polar surface area (TPSA) is 120 Å². The number of carbonyl (C=O) groups is 3. The van der Waals surface area contributed by atoms with Crippen molar-refractivity contribution in [1.82, 2.24) is 20.0 Å². The molecule has 0 radical (unpaired) electrons. The number of nitrogens with one attached hydrogen (secondary N) is 2. The number of hydrogen-bond acceptors (Lipinski definition) is 7. The third-order valence-corrected chi connectivity index (χ3v) is 11.2. The van der Waals surface area contributed by atoms with Crippen molar-refractivity contribution in [2.75, 3.05) is 50.3 Å². The van der Waals surface area contributed by atoms with Crippen LogP contribution in [0.25, 0.3) is 0 Å². The van der Waals surface area contributed by atoms with E-state index in [9.17, 15) is 14.4 Å². The molecule has 0 bridgehead atoms. The van der Waals surface area contributed by atoms with Crippen molar-refractivity contribution in [2.24, 2.45) is 11.8 Å². The van der Waals surface area contributed by atoms with Gasteiger partial charge in [0.1, 0.15) is 18.6 Å². The minimum absolute atomic E-state index is 0.121. The van der Waals surface area contributed by atoms with Crippen LogP contribution in [0.4, 0.5) is 21.0 Å². The van der Waals surface area contributed by atoms with E-state index >= 15 is 0 Å². The van der Waals surface area contributed by atoms with Gasteiger partial charge < -0.3 is 30.8 Å². The zero-order valence-electron chi connectivity index (χ0n) is 27.4. The van der Waals surface area contributed by atoms with Crippen LogP contribution in [0.15, 0.2) is 36.4 Å². The molecule has 4 heterocycles. The van der Waals surface area contributed by atoms with Gasteiger partial charge in [-0.2, -0.15) is 0 Å². The van der Waals surface area contributed by atoms with E-state index in [4.69, 9.17) is 10.5 Å². The molecular weight excluding hydrogens is 580 g/mol. The Labute approximate surface area is 273 Å². The summed E-state index contributed by atoms with van der Waals surface area (Å²) in [7, 11) is 0. The van der Waals surface area contributed by atoms with Crippen LogP contribution >= 0.6 is 0 Å². The number of para-hydroxylation sites is 1. The zero-order valence-corrected chi connectivity index (χ0v) is 27.4. The fourth-order valence-corrected chi connectivity index (χ4v) is 8.57. The Morgan fingerprint density at radius 2 is 1.70 bits per heavy atom. The van der Waals surface area contributed by atoms with Crippen molar-refractivity contribution in [1.29, 1.82) is 0 Å². The summed E-state index contributed by atoms with van der Waals surface area (Å²) in [5, 5.41) is 6.61. The van der Waals surface area contributed by atoms with Gasteiger partial charge in [0.25, 0.3) is 0 Å². The molecule has 3 saturated heterocycles. The van der Waals surface area contributed by atoms with Crippen molar-refractivity contribution in [3.63, 3.8) is 0 Å². The molecule has 4 aliphatic rings. The SMILES string of the molecule is Cc1cc(COC(=O)N2CC[C@@H](N3CCc4ccccc4NC3=O)C[C@@]2(CC=O)N2CCC(C3CCNCC3)CC2)cc(C)c1N. The lowest BCUT2D eigenvalue weighted by molar-refractivity contribution is -0.128. The Morgan fingerprint density at radius 3 is 2.41 bits per heavy atom. The van der Waals surface area contributed by atoms with Crippen molar-refractivity contribution in [2.45, 2.75) is 83.5 Å². The van der Waals surface area contributed by atoms with Crippen LogP contribution in [-0.4, -0.2) is 84.1 Å². The van der Waals surface area contributed by atoms with Gasteiger partial charge in [-0.05, 0) is 106 Å². The van der Waals surface area contributed by atoms with Crippen LogP contribution < -0.4 is 16.4 Å². The summed E-state index contributed by atoms with van der Waals surface area (Å²) in [5.41, 5.74) is 10.8. The maximum atomic E-state index is 14.0. The molecule has 0 aromatic heterocycles. The second-order valence-electron chi connectivity index (χ2n) is 13.8. The number of amides is 3. The van der Waals surface area contributed by atoms with Crippen molar-refractivity contribution >= 4 is 29.8 Å². The number of nitrogens with two attached hydrogens (primary N) is 1. The quantitative estimate of drug-likeness (QED) is 0.289. The summed E-state index contributed by atoms with van der Waals surface area (Å²) < 4.78 is 5.99. The number of benzene rings is 2. The number of aldehydes is 1. The number of nitrogen functional groups attached to an aromatic ring is 1. The molecule has 2 aromatic carbocycles. The number of anilines is 2. The highest BCUT2D eigenvalue weighted by molar-refractivity contribution is 5.91. The number of ether oxygens (including phenoxy) is 1. The Balaban J connectivity index is 1.24. The van der Waals surface area contributed by atoms with E-state index in [1.165, 1.54) is 12.8 Å². The molecule has 10 nitrogen and oxygen atoms in total. The lowest BCUT2D eigenvalue weighted by atomic mass is 9.77. The van der Waals surface area contributed by atoms with E-state index < -0.39 is 11.8 Å². The lowest BCUT2D eigenvalue weighted by Gasteiger charge is -2.56. The maximum Gasteiger partial charge on any atom is 0.411 e. The van der Waals surface area contributed by atoms with Gasteiger partial charge in [0.2, 0.25) is 0 Å². The summed E-state index contributed by atoms with van der Waals surface area (Å²) in [6, 6.07) is 11.6. The lowest BCUT2D eigenvalue weighted by Crippen LogP contribution is -2.69. The first-order valence-corrected chi connectivity index (χ1v) is 17.1. The molecule has 3 fully saturated rings. The van der Waals surface area contributed by atoms with Crippen molar-refractivity contribution in [3.05, 3.63) is 58.7 Å². The normalized spacial score (nSPS) is 25.0. The number of piperidine rings is 3. The Hall–Kier alpha value is -3.63. The highest BCUT2D eigenvalue weighted by atomic mass is 16.6. The Bertz CT molecular complexity index is 1400. The van der Waals surface area contributed by atoms with Gasteiger partial charge >= 0.3 is 12.1 Å². The average molecular weight is 631 g/mol. The highest BCUT2D eigenvalue weighted by Gasteiger charge is 2.52. The molecule has 3 amide bonds. The van der Waals surface area contributed by atoms with E-state index in [2.05, 4.69) is 21.6 Å². The number of carbonyl (C=O) groups excluding carboxylic acids is 3. The summed E-state index contributed by atoms with van der Waals surface area (Å²) >= 11 is 0. The van der Waals surface area contributed by atoms with Gasteiger partial charge in [0, 0.05) is 56.4 Å². The van der Waals surface area contributed by atoms with Crippen molar-refractivity contribution in [3.8, 4) is 0 Å². The molecule has 4 N–H and O–H groups in total. The molecule has 0 aliphatic carbocycles. The van der Waals surface area contributed by atoms with Crippen LogP contribution in [0, 0.1) is 25.7 Å². The fraction of sp³-hybridized carbons (Fsp3) is 0.583. The predicted molar refractivity (Wildman–Crippen MR) is 179 cm³/mol. The third kappa shape index (κ3) is 6.60. The predicted octanol–water partition coefficient (Wildman–Crippen LogP) is 5.07. The third-order valence-electron chi connectivity index (χ3n) is 11.2. The van der Waals surface area contributed by atoms with Gasteiger partial charge in [-0.25, -0.2) is 9.59 Å². The van der Waals surface area contributed by atoms with Crippen molar-refractivity contribution < 1.29 is 19.1 Å². The number of nitrogens with zero attached hydrogens (tertiary/aromatic N) is 3.